The smallest absolute Gasteiger partial charge is 0.244 e. The van der Waals surface area contributed by atoms with E-state index in [0.717, 1.165) is 12.8 Å². The second-order valence-electron chi connectivity index (χ2n) is 7.82. The molecule has 1 aliphatic heterocycles. The molecule has 1 aromatic heterocycles. The molecular formula is C20H31N3O4S2. The Morgan fingerprint density at radius 1 is 1.24 bits per heavy atom. The lowest BCUT2D eigenvalue weighted by Gasteiger charge is -2.37. The monoisotopic (exact) mass is 441 g/mol. The number of rotatable bonds is 7. The zero-order chi connectivity index (χ0) is 20.9. The Morgan fingerprint density at radius 3 is 2.52 bits per heavy atom. The zero-order valence-corrected chi connectivity index (χ0v) is 18.9. The Morgan fingerprint density at radius 2 is 1.93 bits per heavy atom. The molecule has 0 N–H and O–H groups in total. The first kappa shape index (κ1) is 22.5. The molecule has 0 spiro atoms. The van der Waals surface area contributed by atoms with Gasteiger partial charge in [0.15, 0.2) is 0 Å². The molecular weight excluding hydrogens is 410 g/mol. The predicted molar refractivity (Wildman–Crippen MR) is 113 cm³/mol. The van der Waals surface area contributed by atoms with Crippen LogP contribution >= 0.6 is 11.8 Å². The van der Waals surface area contributed by atoms with Gasteiger partial charge in [0.2, 0.25) is 15.9 Å². The fourth-order valence-electron chi connectivity index (χ4n) is 4.02. The van der Waals surface area contributed by atoms with Crippen molar-refractivity contribution in [2.24, 2.45) is 0 Å². The highest BCUT2D eigenvalue weighted by Gasteiger charge is 2.28. The van der Waals surface area contributed by atoms with Crippen molar-refractivity contribution in [3.8, 4) is 0 Å². The Hall–Kier alpha value is -1.16. The molecule has 2 aliphatic rings. The zero-order valence-electron chi connectivity index (χ0n) is 17.2. The van der Waals surface area contributed by atoms with Crippen LogP contribution < -0.4 is 0 Å². The third-order valence-electron chi connectivity index (χ3n) is 5.47. The van der Waals surface area contributed by atoms with Crippen molar-refractivity contribution in [2.45, 2.75) is 68.0 Å². The fraction of sp³-hybridized carbons (Fsp3) is 0.700. The van der Waals surface area contributed by atoms with Crippen LogP contribution in [0.15, 0.2) is 28.3 Å². The molecule has 162 valence electrons. The minimum atomic E-state index is -3.54. The number of pyridine rings is 1. The molecule has 2 fully saturated rings. The van der Waals surface area contributed by atoms with Crippen molar-refractivity contribution in [3.05, 3.63) is 18.3 Å². The van der Waals surface area contributed by atoms with Crippen molar-refractivity contribution in [3.63, 3.8) is 0 Å². The van der Waals surface area contributed by atoms with Crippen molar-refractivity contribution in [1.82, 2.24) is 14.2 Å². The van der Waals surface area contributed by atoms with Gasteiger partial charge in [-0.25, -0.2) is 13.4 Å². The summed E-state index contributed by atoms with van der Waals surface area (Å²) in [5.74, 6) is 0.445. The number of nitrogens with zero attached hydrogens (tertiary/aromatic N) is 3. The number of ether oxygens (including phenoxy) is 1. The molecule has 1 amide bonds. The van der Waals surface area contributed by atoms with Crippen molar-refractivity contribution in [1.29, 1.82) is 0 Å². The first-order chi connectivity index (χ1) is 13.9. The highest BCUT2D eigenvalue weighted by molar-refractivity contribution is 7.99. The van der Waals surface area contributed by atoms with E-state index in [4.69, 9.17) is 4.74 Å². The van der Waals surface area contributed by atoms with Gasteiger partial charge in [0, 0.05) is 31.4 Å². The van der Waals surface area contributed by atoms with Gasteiger partial charge in [-0.05, 0) is 38.8 Å². The lowest BCUT2D eigenvalue weighted by Crippen LogP contribution is -2.46. The van der Waals surface area contributed by atoms with Crippen molar-refractivity contribution < 1.29 is 17.9 Å². The van der Waals surface area contributed by atoms with Gasteiger partial charge >= 0.3 is 0 Å². The van der Waals surface area contributed by atoms with E-state index in [1.807, 2.05) is 4.90 Å². The molecule has 1 saturated heterocycles. The van der Waals surface area contributed by atoms with Crippen LogP contribution in [0.25, 0.3) is 0 Å². The normalized spacial score (nSPS) is 19.4. The first-order valence-electron chi connectivity index (χ1n) is 10.4. The Kier molecular flexibility index (Phi) is 7.95. The molecule has 0 radical (unpaired) electrons. The molecule has 0 bridgehead atoms. The maximum atomic E-state index is 12.9. The quantitative estimate of drug-likeness (QED) is 0.606. The Labute approximate surface area is 178 Å². The fourth-order valence-corrected chi connectivity index (χ4v) is 6.09. The third-order valence-corrected chi connectivity index (χ3v) is 8.28. The van der Waals surface area contributed by atoms with Crippen molar-refractivity contribution >= 4 is 27.7 Å². The van der Waals surface area contributed by atoms with E-state index in [1.54, 1.807) is 12.1 Å². The average molecular weight is 442 g/mol. The maximum Gasteiger partial charge on any atom is 0.244 e. The summed E-state index contributed by atoms with van der Waals surface area (Å²) in [5, 5.41) is 0.659. The van der Waals surface area contributed by atoms with Crippen LogP contribution in [-0.4, -0.2) is 72.7 Å². The van der Waals surface area contributed by atoms with E-state index >= 15 is 0 Å². The number of aromatic nitrogens is 1. The molecule has 29 heavy (non-hydrogen) atoms. The summed E-state index contributed by atoms with van der Waals surface area (Å²) in [5.41, 5.74) is 0. The van der Waals surface area contributed by atoms with Crippen LogP contribution in [0.5, 0.6) is 0 Å². The van der Waals surface area contributed by atoms with Gasteiger partial charge in [0.05, 0.1) is 24.0 Å². The van der Waals surface area contributed by atoms with Crippen molar-refractivity contribution in [2.75, 3.05) is 32.1 Å². The number of carbonyl (C=O) groups is 1. The number of carbonyl (C=O) groups excluding carboxylic acids is 1. The Balaban J connectivity index is 1.59. The van der Waals surface area contributed by atoms with Gasteiger partial charge in [-0.2, -0.15) is 4.31 Å². The molecule has 0 unspecified atom stereocenters. The Bertz CT molecular complexity index is 771. The number of thioether (sulfide) groups is 1. The summed E-state index contributed by atoms with van der Waals surface area (Å²) in [7, 11) is -3.54. The summed E-state index contributed by atoms with van der Waals surface area (Å²) in [6.07, 6.45) is 7.19. The van der Waals surface area contributed by atoms with Gasteiger partial charge in [0.25, 0.3) is 0 Å². The number of amides is 1. The maximum absolute atomic E-state index is 12.9. The second-order valence-corrected chi connectivity index (χ2v) is 10.8. The van der Waals surface area contributed by atoms with Crippen LogP contribution in [0.4, 0.5) is 0 Å². The van der Waals surface area contributed by atoms with Crippen LogP contribution in [0, 0.1) is 0 Å². The molecule has 1 aromatic rings. The molecule has 0 aromatic carbocycles. The number of hydrogen-bond donors (Lipinski definition) is 0. The van der Waals surface area contributed by atoms with E-state index in [9.17, 15) is 13.2 Å². The molecule has 1 saturated carbocycles. The molecule has 2 heterocycles. The summed E-state index contributed by atoms with van der Waals surface area (Å²) in [6.45, 7) is 5.69. The average Bonchev–Trinajstić information content (AvgIpc) is 2.74. The largest absolute Gasteiger partial charge is 0.379 e. The topological polar surface area (TPSA) is 79.8 Å². The lowest BCUT2D eigenvalue weighted by molar-refractivity contribution is -0.133. The minimum absolute atomic E-state index is 0.128. The SMILES string of the molecule is CC(C)N(C(=O)CSc1ccc(S(=O)(=O)N2CCOCC2)cn1)C1CCCCC1. The summed E-state index contributed by atoms with van der Waals surface area (Å²) in [6, 6.07) is 3.78. The summed E-state index contributed by atoms with van der Waals surface area (Å²) in [4.78, 5) is 19.3. The standard InChI is InChI=1S/C20H31N3O4S2/c1-16(2)23(17-6-4-3-5-7-17)20(24)15-28-19-9-8-18(14-21-19)29(25,26)22-10-12-27-13-11-22/h8-9,14,16-17H,3-7,10-13,15H2,1-2H3. The van der Waals surface area contributed by atoms with Gasteiger partial charge in [0.1, 0.15) is 4.90 Å². The second kappa shape index (κ2) is 10.2. The molecule has 7 nitrogen and oxygen atoms in total. The van der Waals surface area contributed by atoms with Gasteiger partial charge in [-0.15, -0.1) is 0 Å². The summed E-state index contributed by atoms with van der Waals surface area (Å²) >= 11 is 1.36. The highest BCUT2D eigenvalue weighted by Crippen LogP contribution is 2.26. The number of hydrogen-bond acceptors (Lipinski definition) is 6. The molecule has 3 rings (SSSR count). The third kappa shape index (κ3) is 5.71. The van der Waals surface area contributed by atoms with Crippen LogP contribution in [-0.2, 0) is 19.6 Å². The number of morpholine rings is 1. The van der Waals surface area contributed by atoms with Crippen LogP contribution in [0.3, 0.4) is 0 Å². The van der Waals surface area contributed by atoms with Gasteiger partial charge in [-0.1, -0.05) is 31.0 Å². The predicted octanol–water partition coefficient (Wildman–Crippen LogP) is 2.76. The lowest BCUT2D eigenvalue weighted by atomic mass is 9.93. The number of sulfonamides is 1. The van der Waals surface area contributed by atoms with E-state index in [1.165, 1.54) is 41.5 Å². The molecule has 0 atom stereocenters. The first-order valence-corrected chi connectivity index (χ1v) is 12.8. The van der Waals surface area contributed by atoms with E-state index < -0.39 is 10.0 Å². The van der Waals surface area contributed by atoms with E-state index in [-0.39, 0.29) is 16.8 Å². The molecule has 1 aliphatic carbocycles. The summed E-state index contributed by atoms with van der Waals surface area (Å²) < 4.78 is 32.0. The van der Waals surface area contributed by atoms with E-state index in [0.29, 0.717) is 43.1 Å². The van der Waals surface area contributed by atoms with Crippen LogP contribution in [0.2, 0.25) is 0 Å². The minimum Gasteiger partial charge on any atom is -0.379 e. The van der Waals surface area contributed by atoms with E-state index in [2.05, 4.69) is 18.8 Å². The highest BCUT2D eigenvalue weighted by atomic mass is 32.2. The molecule has 9 heteroatoms. The van der Waals surface area contributed by atoms with Gasteiger partial charge in [-0.3, -0.25) is 4.79 Å². The van der Waals surface area contributed by atoms with Crippen LogP contribution in [0.1, 0.15) is 46.0 Å². The van der Waals surface area contributed by atoms with Gasteiger partial charge < -0.3 is 9.64 Å².